The van der Waals surface area contributed by atoms with Crippen LogP contribution in [0.25, 0.3) is 0 Å². The number of aliphatic hydroxyl groups is 3. The first-order chi connectivity index (χ1) is 16.9. The van der Waals surface area contributed by atoms with Gasteiger partial charge in [-0.3, -0.25) is 4.79 Å². The Hall–Kier alpha value is -0.910. The summed E-state index contributed by atoms with van der Waals surface area (Å²) in [6.07, 6.45) is 9.39. The zero-order chi connectivity index (χ0) is 26.3. The van der Waals surface area contributed by atoms with Gasteiger partial charge in [0.25, 0.3) is 0 Å². The molecular weight excluding hydrogens is 452 g/mol. The van der Waals surface area contributed by atoms with Crippen LogP contribution < -0.4 is 0 Å². The lowest BCUT2D eigenvalue weighted by molar-refractivity contribution is -0.254. The van der Waals surface area contributed by atoms with Gasteiger partial charge in [-0.15, -0.1) is 0 Å². The lowest BCUT2D eigenvalue weighted by Gasteiger charge is -2.72. The number of hydrogen-bond acceptors (Lipinski definition) is 5. The summed E-state index contributed by atoms with van der Waals surface area (Å²) in [4.78, 5) is 13.4. The molecule has 3 N–H and O–H groups in total. The Morgan fingerprint density at radius 3 is 2.25 bits per heavy atom. The molecule has 36 heavy (non-hydrogen) atoms. The maximum Gasteiger partial charge on any atom is 0.312 e. The number of esters is 1. The highest BCUT2D eigenvalue weighted by atomic mass is 16.5. The zero-order valence-corrected chi connectivity index (χ0v) is 23.3. The van der Waals surface area contributed by atoms with Crippen LogP contribution >= 0.6 is 0 Å². The summed E-state index contributed by atoms with van der Waals surface area (Å²) < 4.78 is 5.45. The molecule has 0 amide bonds. The van der Waals surface area contributed by atoms with E-state index in [1.165, 1.54) is 7.11 Å². The average Bonchev–Trinajstić information content (AvgIpc) is 3.26. The van der Waals surface area contributed by atoms with E-state index in [4.69, 9.17) is 4.74 Å². The minimum Gasteiger partial charge on any atom is -0.469 e. The van der Waals surface area contributed by atoms with E-state index < -0.39 is 16.9 Å². The van der Waals surface area contributed by atoms with Crippen LogP contribution in [-0.4, -0.2) is 47.7 Å². The third kappa shape index (κ3) is 3.09. The molecule has 204 valence electrons. The van der Waals surface area contributed by atoms with E-state index in [-0.39, 0.29) is 47.3 Å². The smallest absolute Gasteiger partial charge is 0.312 e. The molecule has 11 atom stereocenters. The number of carbonyl (C=O) groups excluding carboxylic acids is 1. The van der Waals surface area contributed by atoms with Crippen molar-refractivity contribution in [2.24, 2.45) is 56.7 Å². The second kappa shape index (κ2) is 8.55. The summed E-state index contributed by atoms with van der Waals surface area (Å²) in [5, 5.41) is 31.5. The Labute approximate surface area is 218 Å². The molecule has 0 aliphatic heterocycles. The van der Waals surface area contributed by atoms with Crippen molar-refractivity contribution in [1.29, 1.82) is 0 Å². The average molecular weight is 503 g/mol. The minimum absolute atomic E-state index is 0.0104. The molecule has 0 bridgehead atoms. The number of fused-ring (bicyclic) bond motifs is 7. The maximum atomic E-state index is 13.4. The van der Waals surface area contributed by atoms with Crippen molar-refractivity contribution in [3.05, 3.63) is 12.2 Å². The van der Waals surface area contributed by atoms with Gasteiger partial charge in [0.05, 0.1) is 31.8 Å². The highest BCUT2D eigenvalue weighted by molar-refractivity contribution is 5.78. The number of hydrogen-bond donors (Lipinski definition) is 3. The number of rotatable bonds is 4. The Morgan fingerprint density at radius 2 is 1.61 bits per heavy atom. The van der Waals surface area contributed by atoms with Crippen molar-refractivity contribution in [2.75, 3.05) is 20.3 Å². The van der Waals surface area contributed by atoms with Crippen molar-refractivity contribution >= 4 is 5.97 Å². The van der Waals surface area contributed by atoms with Crippen molar-refractivity contribution in [1.82, 2.24) is 0 Å². The van der Waals surface area contributed by atoms with Crippen molar-refractivity contribution < 1.29 is 24.9 Å². The summed E-state index contributed by atoms with van der Waals surface area (Å²) in [5.41, 5.74) is 0.326. The predicted octanol–water partition coefficient (Wildman–Crippen LogP) is 5.12. The fourth-order valence-electron chi connectivity index (χ4n) is 11.7. The Kier molecular flexibility index (Phi) is 6.34. The van der Waals surface area contributed by atoms with E-state index in [1.54, 1.807) is 0 Å². The molecule has 0 spiro atoms. The van der Waals surface area contributed by atoms with Crippen molar-refractivity contribution in [2.45, 2.75) is 98.0 Å². The highest BCUT2D eigenvalue weighted by Crippen LogP contribution is 2.77. The van der Waals surface area contributed by atoms with Gasteiger partial charge in [0.1, 0.15) is 0 Å². The zero-order valence-electron chi connectivity index (χ0n) is 23.3. The third-order valence-corrected chi connectivity index (χ3v) is 13.9. The van der Waals surface area contributed by atoms with Gasteiger partial charge >= 0.3 is 5.97 Å². The maximum absolute atomic E-state index is 13.4. The molecule has 5 fully saturated rings. The van der Waals surface area contributed by atoms with Gasteiger partial charge in [-0.1, -0.05) is 34.3 Å². The molecule has 0 aromatic heterocycles. The van der Waals surface area contributed by atoms with E-state index >= 15 is 0 Å². The summed E-state index contributed by atoms with van der Waals surface area (Å²) in [7, 11) is 1.53. The molecule has 0 aromatic rings. The first-order valence-corrected chi connectivity index (χ1v) is 14.6. The van der Waals surface area contributed by atoms with Crippen LogP contribution in [0.3, 0.4) is 0 Å². The normalized spacial score (nSPS) is 54.0. The third-order valence-electron chi connectivity index (χ3n) is 13.9. The second-order valence-electron chi connectivity index (χ2n) is 14.5. The molecule has 3 unspecified atom stereocenters. The van der Waals surface area contributed by atoms with Crippen LogP contribution in [-0.2, 0) is 9.53 Å². The van der Waals surface area contributed by atoms with E-state index in [1.807, 2.05) is 0 Å². The number of aliphatic hydroxyl groups excluding tert-OH is 3. The van der Waals surface area contributed by atoms with E-state index in [0.29, 0.717) is 17.8 Å². The highest BCUT2D eigenvalue weighted by Gasteiger charge is 2.72. The molecule has 5 saturated carbocycles. The van der Waals surface area contributed by atoms with Crippen LogP contribution in [0.15, 0.2) is 12.2 Å². The van der Waals surface area contributed by atoms with E-state index in [2.05, 4.69) is 34.3 Å². The molecule has 0 saturated heterocycles. The second-order valence-corrected chi connectivity index (χ2v) is 14.5. The van der Waals surface area contributed by atoms with E-state index in [9.17, 15) is 20.1 Å². The Morgan fingerprint density at radius 1 is 0.889 bits per heavy atom. The molecule has 5 heteroatoms. The first-order valence-electron chi connectivity index (χ1n) is 14.6. The molecule has 5 aliphatic rings. The van der Waals surface area contributed by atoms with Crippen LogP contribution in [0.4, 0.5) is 0 Å². The van der Waals surface area contributed by atoms with Crippen LogP contribution in [0.2, 0.25) is 0 Å². The van der Waals surface area contributed by atoms with Gasteiger partial charge in [-0.05, 0) is 116 Å². The Balaban J connectivity index is 1.56. The van der Waals surface area contributed by atoms with E-state index in [0.717, 1.165) is 69.8 Å². The fraction of sp³-hybridized carbons (Fsp3) is 0.903. The molecule has 0 heterocycles. The van der Waals surface area contributed by atoms with Crippen molar-refractivity contribution in [3.8, 4) is 0 Å². The van der Waals surface area contributed by atoms with Crippen LogP contribution in [0.1, 0.15) is 91.9 Å². The molecule has 5 aliphatic carbocycles. The molecular formula is C31H50O5. The molecule has 0 aromatic carbocycles. The van der Waals surface area contributed by atoms with Gasteiger partial charge < -0.3 is 20.1 Å². The van der Waals surface area contributed by atoms with Gasteiger partial charge in [0.2, 0.25) is 0 Å². The lowest BCUT2D eigenvalue weighted by Crippen LogP contribution is -2.67. The van der Waals surface area contributed by atoms with Gasteiger partial charge in [-0.2, -0.15) is 0 Å². The molecule has 5 nitrogen and oxygen atoms in total. The summed E-state index contributed by atoms with van der Waals surface area (Å²) in [5.74, 6) is 1.57. The molecule has 0 radical (unpaired) electrons. The largest absolute Gasteiger partial charge is 0.469 e. The number of carbonyl (C=O) groups is 1. The fourth-order valence-corrected chi connectivity index (χ4v) is 11.7. The van der Waals surface area contributed by atoms with Crippen LogP contribution in [0.5, 0.6) is 0 Å². The standard InChI is InChI=1S/C31H50O5/c1-19(17-32)20-9-14-31(26(35)36-6)16-15-29(4)21(25(20)31)7-8-23-27(2)12-11-24(34)28(3,18-33)22(27)10-13-30(23,29)5/h20-25,32-34H,1,7-18H2,2-6H3/t20-,21?,22+,23+,24?,25+,27-,28?,29+,30+,31-/m0/s1. The summed E-state index contributed by atoms with van der Waals surface area (Å²) in [6.45, 7) is 14.0. The SMILES string of the molecule is C=C(CO)[C@@H]1CC[C@]2(C(=O)OC)CC[C@]3(C)C(CC[C@@H]4[C@@]5(C)CCC(O)C(C)(CO)[C@@H]5CC[C@]43C)[C@@H]12. The van der Waals surface area contributed by atoms with Gasteiger partial charge in [-0.25, -0.2) is 0 Å². The summed E-state index contributed by atoms with van der Waals surface area (Å²) >= 11 is 0. The van der Waals surface area contributed by atoms with Crippen molar-refractivity contribution in [3.63, 3.8) is 0 Å². The Bertz CT molecular complexity index is 917. The predicted molar refractivity (Wildman–Crippen MR) is 140 cm³/mol. The quantitative estimate of drug-likeness (QED) is 0.367. The lowest BCUT2D eigenvalue weighted by atomic mass is 9.32. The summed E-state index contributed by atoms with van der Waals surface area (Å²) in [6, 6.07) is 0. The topological polar surface area (TPSA) is 87.0 Å². The van der Waals surface area contributed by atoms with Gasteiger partial charge in [0, 0.05) is 5.41 Å². The minimum atomic E-state index is -0.448. The van der Waals surface area contributed by atoms with Gasteiger partial charge in [0.15, 0.2) is 0 Å². The van der Waals surface area contributed by atoms with Crippen LogP contribution in [0, 0.1) is 56.7 Å². The first kappa shape index (κ1) is 26.7. The number of methoxy groups -OCH3 is 1. The molecule has 5 rings (SSSR count). The monoisotopic (exact) mass is 502 g/mol. The number of ether oxygens (including phenoxy) is 1.